The fraction of sp³-hybridized carbons (Fsp3) is 0.474. The number of hydrogen-bond donors (Lipinski definition) is 0. The summed E-state index contributed by atoms with van der Waals surface area (Å²) in [6, 6.07) is 5.97. The number of benzene rings is 1. The molecule has 0 spiro atoms. The molecule has 2 aromatic rings. The van der Waals surface area contributed by atoms with E-state index in [4.69, 9.17) is 9.47 Å². The van der Waals surface area contributed by atoms with Crippen molar-refractivity contribution in [2.45, 2.75) is 19.8 Å². The molecule has 1 aliphatic rings. The minimum atomic E-state index is 0.144. The lowest BCUT2D eigenvalue weighted by Crippen LogP contribution is -2.36. The number of anilines is 1. The van der Waals surface area contributed by atoms with Crippen molar-refractivity contribution in [1.29, 1.82) is 0 Å². The maximum atomic E-state index is 11.0. The molecule has 1 aliphatic heterocycles. The van der Waals surface area contributed by atoms with Gasteiger partial charge in [-0.1, -0.05) is 6.92 Å². The number of nitrogens with zero attached hydrogens (tertiary/aromatic N) is 2. The van der Waals surface area contributed by atoms with Gasteiger partial charge in [0.15, 0.2) is 11.5 Å². The van der Waals surface area contributed by atoms with Crippen LogP contribution in [0.5, 0.6) is 11.5 Å². The minimum absolute atomic E-state index is 0.144. The van der Waals surface area contributed by atoms with Gasteiger partial charge < -0.3 is 19.2 Å². The number of aromatic nitrogens is 1. The van der Waals surface area contributed by atoms with Crippen LogP contribution in [0.3, 0.4) is 0 Å². The first-order chi connectivity index (χ1) is 11.7. The predicted octanol–water partition coefficient (Wildman–Crippen LogP) is 3.30. The summed E-state index contributed by atoms with van der Waals surface area (Å²) < 4.78 is 10.8. The fourth-order valence-corrected chi connectivity index (χ4v) is 3.51. The lowest BCUT2D eigenvalue weighted by molar-refractivity contribution is -0.112. The Morgan fingerprint density at radius 1 is 1.21 bits per heavy atom. The number of piperidine rings is 1. The van der Waals surface area contributed by atoms with Crippen molar-refractivity contribution in [2.24, 2.45) is 11.8 Å². The Balaban J connectivity index is 1.91. The molecule has 128 valence electrons. The monoisotopic (exact) mass is 328 g/mol. The summed E-state index contributed by atoms with van der Waals surface area (Å²) in [5, 5.41) is 1.07. The van der Waals surface area contributed by atoms with Crippen LogP contribution in [-0.2, 0) is 4.79 Å². The van der Waals surface area contributed by atoms with Gasteiger partial charge in [-0.25, -0.2) is 0 Å². The second-order valence-electron chi connectivity index (χ2n) is 6.37. The molecule has 5 nitrogen and oxygen atoms in total. The zero-order valence-electron chi connectivity index (χ0n) is 14.5. The average molecular weight is 328 g/mol. The van der Waals surface area contributed by atoms with Crippen LogP contribution < -0.4 is 14.4 Å². The molecule has 5 heteroatoms. The smallest absolute Gasteiger partial charge is 0.162 e. The van der Waals surface area contributed by atoms with Gasteiger partial charge in [0.05, 0.1) is 19.7 Å². The van der Waals surface area contributed by atoms with Crippen LogP contribution in [0.15, 0.2) is 24.4 Å². The second kappa shape index (κ2) is 7.07. The Morgan fingerprint density at radius 3 is 2.50 bits per heavy atom. The first-order valence-electron chi connectivity index (χ1n) is 8.39. The zero-order valence-corrected chi connectivity index (χ0v) is 14.5. The van der Waals surface area contributed by atoms with Gasteiger partial charge in [0.1, 0.15) is 6.29 Å². The second-order valence-corrected chi connectivity index (χ2v) is 6.37. The van der Waals surface area contributed by atoms with Gasteiger partial charge in [-0.05, 0) is 30.9 Å². The minimum Gasteiger partial charge on any atom is -0.493 e. The molecular weight excluding hydrogens is 304 g/mol. The van der Waals surface area contributed by atoms with E-state index in [9.17, 15) is 4.79 Å². The van der Waals surface area contributed by atoms with Gasteiger partial charge in [0.2, 0.25) is 0 Å². The van der Waals surface area contributed by atoms with Crippen LogP contribution in [0.2, 0.25) is 0 Å². The Kier molecular flexibility index (Phi) is 4.88. The van der Waals surface area contributed by atoms with Gasteiger partial charge in [-0.15, -0.1) is 0 Å². The van der Waals surface area contributed by atoms with Crippen molar-refractivity contribution < 1.29 is 14.3 Å². The highest BCUT2D eigenvalue weighted by Gasteiger charge is 2.24. The first-order valence-corrected chi connectivity index (χ1v) is 8.39. The van der Waals surface area contributed by atoms with E-state index in [1.807, 2.05) is 25.3 Å². The van der Waals surface area contributed by atoms with E-state index >= 15 is 0 Å². The van der Waals surface area contributed by atoms with Crippen molar-refractivity contribution in [2.75, 3.05) is 32.2 Å². The highest BCUT2D eigenvalue weighted by atomic mass is 16.5. The summed E-state index contributed by atoms with van der Waals surface area (Å²) >= 11 is 0. The van der Waals surface area contributed by atoms with E-state index in [2.05, 4.69) is 16.0 Å². The molecule has 3 rings (SSSR count). The summed E-state index contributed by atoms with van der Waals surface area (Å²) in [5.41, 5.74) is 2.06. The Hall–Kier alpha value is -2.30. The number of carbonyl (C=O) groups is 1. The van der Waals surface area contributed by atoms with E-state index < -0.39 is 0 Å². The largest absolute Gasteiger partial charge is 0.493 e. The Morgan fingerprint density at radius 2 is 1.88 bits per heavy atom. The summed E-state index contributed by atoms with van der Waals surface area (Å²) in [6.45, 7) is 3.93. The number of ether oxygens (including phenoxy) is 2. The number of hydrogen-bond acceptors (Lipinski definition) is 5. The third kappa shape index (κ3) is 3.03. The molecule has 1 atom stereocenters. The summed E-state index contributed by atoms with van der Waals surface area (Å²) in [5.74, 6) is 2.03. The van der Waals surface area contributed by atoms with E-state index in [1.54, 1.807) is 14.2 Å². The average Bonchev–Trinajstić information content (AvgIpc) is 2.65. The van der Waals surface area contributed by atoms with Crippen molar-refractivity contribution in [3.63, 3.8) is 0 Å². The van der Waals surface area contributed by atoms with Crippen LogP contribution in [0.1, 0.15) is 19.8 Å². The van der Waals surface area contributed by atoms with Crippen molar-refractivity contribution in [1.82, 2.24) is 4.98 Å². The fourth-order valence-electron chi connectivity index (χ4n) is 3.51. The zero-order chi connectivity index (χ0) is 17.1. The molecule has 1 aromatic heterocycles. The normalized spacial score (nSPS) is 16.9. The van der Waals surface area contributed by atoms with Crippen molar-refractivity contribution >= 4 is 22.9 Å². The van der Waals surface area contributed by atoms with Gasteiger partial charge >= 0.3 is 0 Å². The molecule has 24 heavy (non-hydrogen) atoms. The van der Waals surface area contributed by atoms with E-state index in [0.29, 0.717) is 17.4 Å². The van der Waals surface area contributed by atoms with E-state index in [0.717, 1.165) is 48.8 Å². The summed E-state index contributed by atoms with van der Waals surface area (Å²) in [4.78, 5) is 17.9. The van der Waals surface area contributed by atoms with Crippen molar-refractivity contribution in [3.05, 3.63) is 24.4 Å². The van der Waals surface area contributed by atoms with Gasteiger partial charge in [-0.3, -0.25) is 4.98 Å². The molecule has 1 unspecified atom stereocenters. The Bertz CT molecular complexity index is 724. The van der Waals surface area contributed by atoms with Crippen LogP contribution >= 0.6 is 0 Å². The van der Waals surface area contributed by atoms with Gasteiger partial charge in [0.25, 0.3) is 0 Å². The quantitative estimate of drug-likeness (QED) is 0.788. The van der Waals surface area contributed by atoms with Crippen LogP contribution in [0.4, 0.5) is 5.69 Å². The number of fused-ring (bicyclic) bond motifs is 1. The van der Waals surface area contributed by atoms with Gasteiger partial charge in [-0.2, -0.15) is 0 Å². The summed E-state index contributed by atoms with van der Waals surface area (Å²) in [6.07, 6.45) is 5.00. The standard InChI is InChI=1S/C19H24N2O3/c1-13(12-22)14-5-8-21(9-6-14)17-4-7-20-16-11-19(24-3)18(23-2)10-15(16)17/h4,7,10-14H,5-6,8-9H2,1-3H3. The molecule has 0 bridgehead atoms. The van der Waals surface area contributed by atoms with Crippen molar-refractivity contribution in [3.8, 4) is 11.5 Å². The molecule has 0 radical (unpaired) electrons. The van der Waals surface area contributed by atoms with Gasteiger partial charge in [0, 0.05) is 42.3 Å². The van der Waals surface area contributed by atoms with E-state index in [1.165, 1.54) is 0 Å². The lowest BCUT2D eigenvalue weighted by atomic mass is 9.86. The topological polar surface area (TPSA) is 51.7 Å². The molecular formula is C19H24N2O3. The number of aldehydes is 1. The Labute approximate surface area is 142 Å². The summed E-state index contributed by atoms with van der Waals surface area (Å²) in [7, 11) is 3.28. The number of methoxy groups -OCH3 is 2. The highest BCUT2D eigenvalue weighted by Crippen LogP contribution is 2.37. The molecule has 1 aromatic carbocycles. The molecule has 0 aliphatic carbocycles. The predicted molar refractivity (Wildman–Crippen MR) is 95.0 cm³/mol. The first kappa shape index (κ1) is 16.6. The third-order valence-corrected chi connectivity index (χ3v) is 5.06. The molecule has 0 amide bonds. The van der Waals surface area contributed by atoms with Crippen LogP contribution in [-0.4, -0.2) is 38.6 Å². The molecule has 0 N–H and O–H groups in total. The van der Waals surface area contributed by atoms with Crippen LogP contribution in [0, 0.1) is 11.8 Å². The van der Waals surface area contributed by atoms with Crippen LogP contribution in [0.25, 0.3) is 10.9 Å². The maximum Gasteiger partial charge on any atom is 0.162 e. The number of pyridine rings is 1. The molecule has 0 saturated carbocycles. The SMILES string of the molecule is COc1cc2nccc(N3CCC(C(C)C=O)CC3)c2cc1OC. The highest BCUT2D eigenvalue weighted by molar-refractivity contribution is 5.94. The lowest BCUT2D eigenvalue weighted by Gasteiger charge is -2.35. The van der Waals surface area contributed by atoms with E-state index in [-0.39, 0.29) is 5.92 Å². The molecule has 2 heterocycles. The number of rotatable bonds is 5. The number of carbonyl (C=O) groups excluding carboxylic acids is 1. The maximum absolute atomic E-state index is 11.0. The molecule has 1 fully saturated rings. The molecule has 1 saturated heterocycles. The third-order valence-electron chi connectivity index (χ3n) is 5.06.